The van der Waals surface area contributed by atoms with Crippen molar-refractivity contribution in [3.8, 4) is 0 Å². The van der Waals surface area contributed by atoms with Crippen molar-refractivity contribution >= 4 is 117 Å². The van der Waals surface area contributed by atoms with Crippen LogP contribution in [0.5, 0.6) is 0 Å². The number of hydrogen-bond donors (Lipinski definition) is 7. The molecule has 3 rings (SSSR count). The van der Waals surface area contributed by atoms with Gasteiger partial charge in [0.05, 0.1) is 24.5 Å². The summed E-state index contributed by atoms with van der Waals surface area (Å²) in [5, 5.41) is 14.4. The topological polar surface area (TPSA) is 455 Å². The van der Waals surface area contributed by atoms with Crippen LogP contribution in [-0.4, -0.2) is 257 Å². The zero-order chi connectivity index (χ0) is 87.1. The summed E-state index contributed by atoms with van der Waals surface area (Å²) in [5.41, 5.74) is 0. The van der Waals surface area contributed by atoms with Gasteiger partial charge in [0.15, 0.2) is 25.0 Å². The van der Waals surface area contributed by atoms with Gasteiger partial charge in [-0.1, -0.05) is 83.1 Å². The molecule has 36 nitrogen and oxygen atoms in total. The Hall–Kier alpha value is -7.32. The Morgan fingerprint density at radius 2 is 0.744 bits per heavy atom. The van der Waals surface area contributed by atoms with Gasteiger partial charge in [0, 0.05) is 165 Å². The monoisotopic (exact) mass is 1720 g/mol. The van der Waals surface area contributed by atoms with Crippen molar-refractivity contribution in [3.05, 3.63) is 0 Å². The van der Waals surface area contributed by atoms with Gasteiger partial charge in [0.1, 0.15) is 56.4 Å². The molecule has 0 aromatic carbocycles. The van der Waals surface area contributed by atoms with Crippen molar-refractivity contribution < 1.29 is 133 Å². The van der Waals surface area contributed by atoms with Gasteiger partial charge in [-0.2, -0.15) is 0 Å². The van der Waals surface area contributed by atoms with Crippen LogP contribution in [0.3, 0.4) is 0 Å². The molecule has 3 fully saturated rings. The Morgan fingerprint density at radius 1 is 0.410 bits per heavy atom. The van der Waals surface area contributed by atoms with Crippen molar-refractivity contribution in [2.45, 2.75) is 311 Å². The molecule has 3 saturated heterocycles. The summed E-state index contributed by atoms with van der Waals surface area (Å²) in [7, 11) is 1.81. The van der Waals surface area contributed by atoms with E-state index in [-0.39, 0.29) is 140 Å². The highest BCUT2D eigenvalue weighted by Crippen LogP contribution is 2.34. The third-order valence-electron chi connectivity index (χ3n) is 19.6. The van der Waals surface area contributed by atoms with Gasteiger partial charge in [-0.15, -0.1) is 0 Å². The van der Waals surface area contributed by atoms with Crippen LogP contribution in [0.4, 0.5) is 0 Å². The normalized spacial score (nSPS) is 23.3. The number of hydrogen-bond acceptors (Lipinski definition) is 29. The molecule has 6 N–H and O–H groups in total. The van der Waals surface area contributed by atoms with Gasteiger partial charge >= 0.3 is 41.8 Å². The fourth-order valence-corrected chi connectivity index (χ4v) is 14.8. The highest BCUT2D eigenvalue weighted by molar-refractivity contribution is 8.38. The van der Waals surface area contributed by atoms with Crippen LogP contribution in [0, 0.1) is 17.8 Å². The first kappa shape index (κ1) is 104. The molecule has 39 heteroatoms. The maximum atomic E-state index is 14.4. The SMILES string of the molecule is CCC(OC(=O)CCC(=O)N[SH](=P)=S)C(=O)N(CCCCN(CCCNC(=O)CCCCCCO[C@@H]1OC(COC(C)=O)[C@H](OC(C)=O)[C@H](C)C1NC(C)=O)C(=O)CCCCCCO[C@@H]1OC(COC(C)=O)[C@H](OC(C)=O)[C@H](C)C1NC(C)=O)CCCNC(=O)CCCCCCO[C@@H]1OC(COC(C)=O)[C@H](OC(C)=O)[C@H](C)C1NC(C)=O. The number of carbonyl (C=O) groups is 15. The quantitative estimate of drug-likeness (QED) is 0.0146. The van der Waals surface area contributed by atoms with E-state index in [4.69, 9.17) is 72.8 Å². The minimum atomic E-state index is -1.37. The minimum Gasteiger partial charge on any atom is -0.463 e. The lowest BCUT2D eigenvalue weighted by atomic mass is 9.88. The van der Waals surface area contributed by atoms with Gasteiger partial charge in [-0.3, -0.25) is 71.9 Å². The van der Waals surface area contributed by atoms with Crippen molar-refractivity contribution in [3.63, 3.8) is 0 Å². The molecule has 3 aliphatic rings. The fraction of sp³-hybridized carbons (Fsp3) is 0.808. The van der Waals surface area contributed by atoms with Crippen LogP contribution in [0.1, 0.15) is 231 Å². The molecule has 0 bridgehead atoms. The number of carbonyl (C=O) groups excluding carboxylic acids is 15. The second kappa shape index (κ2) is 57.8. The predicted octanol–water partition coefficient (Wildman–Crippen LogP) is 4.42. The molecule has 0 aliphatic carbocycles. The van der Waals surface area contributed by atoms with E-state index in [1.807, 2.05) is 0 Å². The number of ether oxygens (including phenoxy) is 13. The molecule has 668 valence electrons. The summed E-state index contributed by atoms with van der Waals surface area (Å²) < 4.78 is 77.3. The third kappa shape index (κ3) is 43.0. The van der Waals surface area contributed by atoms with Crippen LogP contribution < -0.4 is 31.3 Å². The Morgan fingerprint density at radius 3 is 1.08 bits per heavy atom. The third-order valence-corrected chi connectivity index (χ3v) is 20.6. The molecule has 0 radical (unpaired) electrons. The van der Waals surface area contributed by atoms with Crippen LogP contribution in [-0.2, 0) is 154 Å². The zero-order valence-corrected chi connectivity index (χ0v) is 73.2. The average molecular weight is 1720 g/mol. The first-order valence-electron chi connectivity index (χ1n) is 40.8. The molecular formula is C78H131N8O28PS2. The van der Waals surface area contributed by atoms with Crippen molar-refractivity contribution in [2.75, 3.05) is 78.9 Å². The summed E-state index contributed by atoms with van der Waals surface area (Å²) in [5.74, 6) is -8.05. The second-order valence-corrected chi connectivity index (χ2v) is 33.9. The lowest BCUT2D eigenvalue weighted by molar-refractivity contribution is -0.262. The first-order chi connectivity index (χ1) is 55.5. The molecule has 0 aromatic heterocycles. The van der Waals surface area contributed by atoms with E-state index in [9.17, 15) is 71.9 Å². The zero-order valence-electron chi connectivity index (χ0n) is 70.5. The minimum absolute atomic E-state index is 0.121. The van der Waals surface area contributed by atoms with E-state index in [0.717, 1.165) is 0 Å². The lowest BCUT2D eigenvalue weighted by Crippen LogP contribution is -2.62. The average Bonchev–Trinajstić information content (AvgIpc) is 0.807. The van der Waals surface area contributed by atoms with Crippen LogP contribution in [0.25, 0.3) is 0 Å². The largest absolute Gasteiger partial charge is 0.463 e. The summed E-state index contributed by atoms with van der Waals surface area (Å²) in [6.45, 7) is 20.1. The van der Waals surface area contributed by atoms with Gasteiger partial charge in [-0.05, 0) is 81.8 Å². The second-order valence-electron chi connectivity index (χ2n) is 29.7. The molecule has 8 unspecified atom stereocenters. The Kier molecular flexibility index (Phi) is 51.3. The number of rotatable bonds is 56. The van der Waals surface area contributed by atoms with Gasteiger partial charge in [0.2, 0.25) is 41.4 Å². The number of nitrogens with zero attached hydrogens (tertiary/aromatic N) is 2. The number of nitrogens with one attached hydrogen (secondary N) is 6. The summed E-state index contributed by atoms with van der Waals surface area (Å²) in [6, 6.07) is -2.08. The van der Waals surface area contributed by atoms with Crippen LogP contribution in [0.2, 0.25) is 0 Å². The highest BCUT2D eigenvalue weighted by Gasteiger charge is 2.50. The Labute approximate surface area is 696 Å². The maximum Gasteiger partial charge on any atom is 0.307 e. The predicted molar refractivity (Wildman–Crippen MR) is 430 cm³/mol. The summed E-state index contributed by atoms with van der Waals surface area (Å²) >= 11 is 5.02. The highest BCUT2D eigenvalue weighted by atomic mass is 32.9. The van der Waals surface area contributed by atoms with Gasteiger partial charge in [-0.25, -0.2) is 0 Å². The molecule has 17 atom stereocenters. The van der Waals surface area contributed by atoms with Crippen molar-refractivity contribution in [1.29, 1.82) is 0 Å². The Bertz CT molecular complexity index is 3250. The van der Waals surface area contributed by atoms with E-state index in [1.165, 1.54) is 62.3 Å². The van der Waals surface area contributed by atoms with Crippen LogP contribution >= 0.6 is 8.02 Å². The number of thiol groups is 1. The molecule has 0 saturated carbocycles. The molecule has 8 amide bonds. The Balaban J connectivity index is 1.68. The number of unbranched alkanes of at least 4 members (excludes halogenated alkanes) is 10. The maximum absolute atomic E-state index is 14.4. The van der Waals surface area contributed by atoms with E-state index >= 15 is 0 Å². The summed E-state index contributed by atoms with van der Waals surface area (Å²) in [4.78, 5) is 192. The number of esters is 7. The lowest BCUT2D eigenvalue weighted by Gasteiger charge is -2.44. The molecule has 117 heavy (non-hydrogen) atoms. The van der Waals surface area contributed by atoms with E-state index in [2.05, 4.69) is 39.3 Å². The van der Waals surface area contributed by atoms with E-state index in [0.29, 0.717) is 116 Å². The molecule has 0 spiro atoms. The van der Waals surface area contributed by atoms with Crippen molar-refractivity contribution in [1.82, 2.24) is 41.1 Å². The van der Waals surface area contributed by atoms with Crippen LogP contribution in [0.15, 0.2) is 0 Å². The van der Waals surface area contributed by atoms with Gasteiger partial charge < -0.3 is 103 Å². The molecule has 3 heterocycles. The van der Waals surface area contributed by atoms with E-state index in [1.54, 1.807) is 37.5 Å². The van der Waals surface area contributed by atoms with Gasteiger partial charge in [0.25, 0.3) is 5.91 Å². The van der Waals surface area contributed by atoms with Crippen molar-refractivity contribution in [2.24, 2.45) is 17.8 Å². The molecule has 3 aliphatic heterocycles. The number of amides is 8. The first-order valence-corrected chi connectivity index (χ1v) is 44.5. The van der Waals surface area contributed by atoms with E-state index < -0.39 is 160 Å². The molecular weight excluding hydrogens is 1590 g/mol. The summed E-state index contributed by atoms with van der Waals surface area (Å²) in [6.07, 6.45) is 0.152. The smallest absolute Gasteiger partial charge is 0.307 e. The standard InChI is InChI=1S/C78H131N8O28PS2/c1-14-60(111-68(100)35-34-66(98)84-117(115)116)75(101)86(41-30-37-80-65(97)32-22-16-19-27-43-103-77-70(82-52(6)88)49(3)73(109-58(12)94)62(113-77)46-106-55(9)91)39-25-24-38-85(67(99)33-23-17-20-28-44-104-78-71(83-53(7)89)50(4)74(110-59(13)95)63(114-78)47-107-56(10)92)40-29-36-79-64(96)31-21-15-18-26-42-102-76-69(81-51(5)87)48(2)72(108-57(11)93)61(112-76)45-105-54(8)90/h48-50,60-63,69-74,76-78,115,117H,14-47H2,1-13H3,(H,79,96)(H,80,97)(H,81,87)(H,82,88)(H,83,89)(H,84,98,116)/t48-,49-,50-,60?,61?,62?,63?,69?,70?,71?,72-,73-,74-,76-,77-,78-/m1/s1. The fourth-order valence-electron chi connectivity index (χ4n) is 13.8. The molecule has 0 aromatic rings.